The fourth-order valence-electron chi connectivity index (χ4n) is 3.10. The van der Waals surface area contributed by atoms with Crippen molar-refractivity contribution in [2.75, 3.05) is 0 Å². The van der Waals surface area contributed by atoms with E-state index in [9.17, 15) is 0 Å². The van der Waals surface area contributed by atoms with Crippen LogP contribution < -0.4 is 10.1 Å². The number of benzene rings is 3. The highest BCUT2D eigenvalue weighted by atomic mass is 16.5. The summed E-state index contributed by atoms with van der Waals surface area (Å²) in [6.07, 6.45) is 2.24. The molecule has 27 heavy (non-hydrogen) atoms. The summed E-state index contributed by atoms with van der Waals surface area (Å²) in [5.41, 5.74) is 5.15. The van der Waals surface area contributed by atoms with Crippen molar-refractivity contribution in [1.29, 1.82) is 0 Å². The van der Waals surface area contributed by atoms with Gasteiger partial charge >= 0.3 is 0 Å². The molecule has 1 atom stereocenters. The minimum Gasteiger partial charge on any atom is -0.489 e. The number of rotatable bonds is 9. The Balaban J connectivity index is 1.46. The third-order valence-corrected chi connectivity index (χ3v) is 4.92. The summed E-state index contributed by atoms with van der Waals surface area (Å²) >= 11 is 0. The molecule has 2 nitrogen and oxygen atoms in total. The Kier molecular flexibility index (Phi) is 7.06. The molecule has 3 aromatic carbocycles. The van der Waals surface area contributed by atoms with E-state index >= 15 is 0 Å². The Bertz CT molecular complexity index is 828. The second-order valence-corrected chi connectivity index (χ2v) is 7.17. The van der Waals surface area contributed by atoms with Crippen molar-refractivity contribution in [3.63, 3.8) is 0 Å². The van der Waals surface area contributed by atoms with Crippen LogP contribution in [0.15, 0.2) is 78.9 Å². The van der Waals surface area contributed by atoms with E-state index in [0.717, 1.165) is 25.1 Å². The second kappa shape index (κ2) is 9.94. The standard InChI is InChI=1S/C25H29NO/c1-20-9-6-7-13-24(20)19-27-25-14-8-12-23(17-25)18-26-21(2)15-16-22-10-4-3-5-11-22/h3-14,17,21,26H,15-16,18-19H2,1-2H3/t21-/m1/s1. The van der Waals surface area contributed by atoms with E-state index in [-0.39, 0.29) is 0 Å². The van der Waals surface area contributed by atoms with Gasteiger partial charge in [0.1, 0.15) is 12.4 Å². The van der Waals surface area contributed by atoms with Crippen molar-refractivity contribution in [3.05, 3.63) is 101 Å². The number of aryl methyl sites for hydroxylation is 2. The van der Waals surface area contributed by atoms with Gasteiger partial charge in [0.05, 0.1) is 0 Å². The molecule has 0 saturated carbocycles. The molecule has 0 bridgehead atoms. The molecular weight excluding hydrogens is 330 g/mol. The summed E-state index contributed by atoms with van der Waals surface area (Å²) in [5.74, 6) is 0.925. The SMILES string of the molecule is Cc1ccccc1COc1cccc(CN[C@H](C)CCc2ccccc2)c1. The van der Waals surface area contributed by atoms with Gasteiger partial charge in [-0.2, -0.15) is 0 Å². The summed E-state index contributed by atoms with van der Waals surface area (Å²) in [5, 5.41) is 3.62. The lowest BCUT2D eigenvalue weighted by Gasteiger charge is -2.15. The Labute approximate surface area is 163 Å². The summed E-state index contributed by atoms with van der Waals surface area (Å²) in [4.78, 5) is 0. The lowest BCUT2D eigenvalue weighted by atomic mass is 10.1. The lowest BCUT2D eigenvalue weighted by Crippen LogP contribution is -2.25. The van der Waals surface area contributed by atoms with E-state index in [1.807, 2.05) is 6.07 Å². The van der Waals surface area contributed by atoms with Gasteiger partial charge in [-0.3, -0.25) is 0 Å². The Hall–Kier alpha value is -2.58. The van der Waals surface area contributed by atoms with E-state index in [2.05, 4.69) is 92.0 Å². The normalized spacial score (nSPS) is 11.9. The van der Waals surface area contributed by atoms with Gasteiger partial charge in [0, 0.05) is 12.6 Å². The zero-order valence-electron chi connectivity index (χ0n) is 16.3. The predicted octanol–water partition coefficient (Wildman–Crippen LogP) is 5.68. The number of hydrogen-bond acceptors (Lipinski definition) is 2. The molecule has 2 heteroatoms. The molecule has 0 saturated heterocycles. The molecule has 0 radical (unpaired) electrons. The Morgan fingerprint density at radius 2 is 1.59 bits per heavy atom. The molecule has 0 fully saturated rings. The van der Waals surface area contributed by atoms with Gasteiger partial charge in [-0.1, -0.05) is 66.7 Å². The van der Waals surface area contributed by atoms with Gasteiger partial charge in [0.15, 0.2) is 0 Å². The van der Waals surface area contributed by atoms with Gasteiger partial charge in [0.2, 0.25) is 0 Å². The van der Waals surface area contributed by atoms with E-state index in [0.29, 0.717) is 12.6 Å². The van der Waals surface area contributed by atoms with Crippen LogP contribution in [0.5, 0.6) is 5.75 Å². The highest BCUT2D eigenvalue weighted by Crippen LogP contribution is 2.17. The largest absolute Gasteiger partial charge is 0.489 e. The van der Waals surface area contributed by atoms with Crippen molar-refractivity contribution in [2.24, 2.45) is 0 Å². The molecule has 0 aromatic heterocycles. The molecule has 0 heterocycles. The van der Waals surface area contributed by atoms with E-state index in [1.54, 1.807) is 0 Å². The fraction of sp³-hybridized carbons (Fsp3) is 0.280. The number of ether oxygens (including phenoxy) is 1. The monoisotopic (exact) mass is 359 g/mol. The van der Waals surface area contributed by atoms with Crippen molar-refractivity contribution >= 4 is 0 Å². The average Bonchev–Trinajstić information content (AvgIpc) is 2.71. The maximum absolute atomic E-state index is 6.00. The first-order valence-corrected chi connectivity index (χ1v) is 9.74. The van der Waals surface area contributed by atoms with Gasteiger partial charge in [-0.05, 0) is 61.1 Å². The summed E-state index contributed by atoms with van der Waals surface area (Å²) in [6, 6.07) is 27.9. The van der Waals surface area contributed by atoms with Crippen molar-refractivity contribution in [2.45, 2.75) is 45.9 Å². The minimum atomic E-state index is 0.474. The first-order chi connectivity index (χ1) is 13.2. The van der Waals surface area contributed by atoms with Crippen LogP contribution in [0.3, 0.4) is 0 Å². The van der Waals surface area contributed by atoms with Crippen LogP contribution in [0.4, 0.5) is 0 Å². The van der Waals surface area contributed by atoms with Crippen LogP contribution in [0.2, 0.25) is 0 Å². The minimum absolute atomic E-state index is 0.474. The van der Waals surface area contributed by atoms with E-state index < -0.39 is 0 Å². The summed E-state index contributed by atoms with van der Waals surface area (Å²) in [6.45, 7) is 5.84. The van der Waals surface area contributed by atoms with Crippen molar-refractivity contribution in [3.8, 4) is 5.75 Å². The Morgan fingerprint density at radius 3 is 2.41 bits per heavy atom. The Morgan fingerprint density at radius 1 is 0.852 bits per heavy atom. The molecule has 0 aliphatic carbocycles. The molecule has 3 aromatic rings. The van der Waals surface area contributed by atoms with Gasteiger partial charge in [-0.15, -0.1) is 0 Å². The van der Waals surface area contributed by atoms with E-state index in [4.69, 9.17) is 4.74 Å². The topological polar surface area (TPSA) is 21.3 Å². The highest BCUT2D eigenvalue weighted by molar-refractivity contribution is 5.30. The lowest BCUT2D eigenvalue weighted by molar-refractivity contribution is 0.305. The smallest absolute Gasteiger partial charge is 0.120 e. The van der Waals surface area contributed by atoms with Crippen molar-refractivity contribution in [1.82, 2.24) is 5.32 Å². The maximum Gasteiger partial charge on any atom is 0.120 e. The molecule has 140 valence electrons. The van der Waals surface area contributed by atoms with Crippen molar-refractivity contribution < 1.29 is 4.74 Å². The molecular formula is C25H29NO. The highest BCUT2D eigenvalue weighted by Gasteiger charge is 2.04. The molecule has 0 unspecified atom stereocenters. The first kappa shape index (κ1) is 19.2. The third kappa shape index (κ3) is 6.26. The molecule has 0 aliphatic heterocycles. The maximum atomic E-state index is 6.00. The van der Waals surface area contributed by atoms with Crippen LogP contribution in [0.25, 0.3) is 0 Å². The van der Waals surface area contributed by atoms with Crippen LogP contribution in [0, 0.1) is 6.92 Å². The summed E-state index contributed by atoms with van der Waals surface area (Å²) < 4.78 is 6.00. The van der Waals surface area contributed by atoms with Gasteiger partial charge < -0.3 is 10.1 Å². The average molecular weight is 360 g/mol. The molecule has 0 aliphatic rings. The second-order valence-electron chi connectivity index (χ2n) is 7.17. The van der Waals surface area contributed by atoms with Crippen LogP contribution in [-0.2, 0) is 19.6 Å². The quantitative estimate of drug-likeness (QED) is 0.530. The van der Waals surface area contributed by atoms with Gasteiger partial charge in [0.25, 0.3) is 0 Å². The zero-order valence-corrected chi connectivity index (χ0v) is 16.3. The predicted molar refractivity (Wildman–Crippen MR) is 113 cm³/mol. The number of hydrogen-bond donors (Lipinski definition) is 1. The molecule has 1 N–H and O–H groups in total. The molecule has 3 rings (SSSR count). The van der Waals surface area contributed by atoms with E-state index in [1.165, 1.54) is 22.3 Å². The molecule has 0 spiro atoms. The first-order valence-electron chi connectivity index (χ1n) is 9.74. The van der Waals surface area contributed by atoms with Gasteiger partial charge in [-0.25, -0.2) is 0 Å². The van der Waals surface area contributed by atoms with Crippen LogP contribution in [0.1, 0.15) is 35.6 Å². The third-order valence-electron chi connectivity index (χ3n) is 4.92. The van der Waals surface area contributed by atoms with Crippen LogP contribution in [-0.4, -0.2) is 6.04 Å². The zero-order chi connectivity index (χ0) is 18.9. The fourth-order valence-corrected chi connectivity index (χ4v) is 3.10. The summed E-state index contributed by atoms with van der Waals surface area (Å²) in [7, 11) is 0. The number of nitrogens with one attached hydrogen (secondary N) is 1. The molecule has 0 amide bonds. The van der Waals surface area contributed by atoms with Crippen LogP contribution >= 0.6 is 0 Å².